The second-order valence-corrected chi connectivity index (χ2v) is 6.98. The van der Waals surface area contributed by atoms with Gasteiger partial charge in [0, 0.05) is 19.6 Å². The van der Waals surface area contributed by atoms with Gasteiger partial charge in [0.25, 0.3) is 0 Å². The van der Waals surface area contributed by atoms with Crippen molar-refractivity contribution in [3.05, 3.63) is 0 Å². The van der Waals surface area contributed by atoms with Crippen LogP contribution in [-0.2, 0) is 4.74 Å². The van der Waals surface area contributed by atoms with Crippen LogP contribution in [0.1, 0.15) is 45.4 Å². The largest absolute Gasteiger partial charge is 0.394 e. The third kappa shape index (κ3) is 4.42. The molecule has 1 saturated carbocycles. The van der Waals surface area contributed by atoms with Crippen LogP contribution in [0.15, 0.2) is 0 Å². The van der Waals surface area contributed by atoms with E-state index >= 15 is 0 Å². The van der Waals surface area contributed by atoms with Crippen LogP contribution in [0.2, 0.25) is 0 Å². The van der Waals surface area contributed by atoms with Crippen LogP contribution in [0.5, 0.6) is 0 Å². The number of ether oxygens (including phenoxy) is 1. The number of aliphatic hydroxyl groups excluding tert-OH is 1. The molecule has 20 heavy (non-hydrogen) atoms. The summed E-state index contributed by atoms with van der Waals surface area (Å²) < 4.78 is 5.64. The first-order valence-corrected chi connectivity index (χ1v) is 8.32. The van der Waals surface area contributed by atoms with Gasteiger partial charge in [0.15, 0.2) is 0 Å². The Hall–Kier alpha value is -0.160. The number of nitrogens with zero attached hydrogens (tertiary/aromatic N) is 1. The maximum Gasteiger partial charge on any atom is 0.0701 e. The van der Waals surface area contributed by atoms with E-state index in [1.54, 1.807) is 0 Å². The number of aliphatic hydroxyl groups is 1. The average molecular weight is 284 g/mol. The molecular weight excluding hydrogens is 252 g/mol. The molecule has 1 aliphatic carbocycles. The molecule has 0 aromatic carbocycles. The van der Waals surface area contributed by atoms with Crippen LogP contribution in [0.25, 0.3) is 0 Å². The molecule has 2 fully saturated rings. The fourth-order valence-electron chi connectivity index (χ4n) is 4.09. The highest BCUT2D eigenvalue weighted by molar-refractivity contribution is 4.90. The zero-order valence-corrected chi connectivity index (χ0v) is 13.0. The van der Waals surface area contributed by atoms with Crippen molar-refractivity contribution < 1.29 is 9.84 Å². The molecule has 118 valence electrons. The summed E-state index contributed by atoms with van der Waals surface area (Å²) >= 11 is 0. The summed E-state index contributed by atoms with van der Waals surface area (Å²) in [6.07, 6.45) is 7.84. The molecule has 0 aromatic heterocycles. The van der Waals surface area contributed by atoms with E-state index in [0.29, 0.717) is 18.1 Å². The van der Waals surface area contributed by atoms with Gasteiger partial charge in [0.1, 0.15) is 0 Å². The highest BCUT2D eigenvalue weighted by atomic mass is 16.5. The lowest BCUT2D eigenvalue weighted by molar-refractivity contribution is -0.0187. The molecule has 2 unspecified atom stereocenters. The topological polar surface area (TPSA) is 58.7 Å². The van der Waals surface area contributed by atoms with Crippen LogP contribution in [-0.4, -0.2) is 55.5 Å². The molecule has 2 aliphatic rings. The zero-order chi connectivity index (χ0) is 14.4. The molecule has 0 spiro atoms. The summed E-state index contributed by atoms with van der Waals surface area (Å²) in [4.78, 5) is 2.59. The Kier molecular flexibility index (Phi) is 6.27. The van der Waals surface area contributed by atoms with Crippen molar-refractivity contribution in [2.45, 2.75) is 51.6 Å². The summed E-state index contributed by atoms with van der Waals surface area (Å²) in [5, 5.41) is 8.81. The van der Waals surface area contributed by atoms with Gasteiger partial charge in [0.2, 0.25) is 0 Å². The van der Waals surface area contributed by atoms with Crippen LogP contribution in [0.4, 0.5) is 0 Å². The van der Waals surface area contributed by atoms with Gasteiger partial charge < -0.3 is 20.5 Å². The van der Waals surface area contributed by atoms with Crippen molar-refractivity contribution >= 4 is 0 Å². The molecule has 3 N–H and O–H groups in total. The predicted octanol–water partition coefficient (Wildman–Crippen LogP) is 1.61. The van der Waals surface area contributed by atoms with E-state index in [0.717, 1.165) is 38.4 Å². The summed E-state index contributed by atoms with van der Waals surface area (Å²) in [6, 6.07) is 0. The third-order valence-electron chi connectivity index (χ3n) is 5.16. The Labute approximate surface area is 123 Å². The number of hydrogen-bond donors (Lipinski definition) is 2. The number of nitrogens with two attached hydrogens (primary N) is 1. The second kappa shape index (κ2) is 7.74. The van der Waals surface area contributed by atoms with Crippen LogP contribution >= 0.6 is 0 Å². The van der Waals surface area contributed by atoms with Gasteiger partial charge in [-0.3, -0.25) is 0 Å². The minimum atomic E-state index is 0.133. The molecule has 1 aliphatic heterocycles. The van der Waals surface area contributed by atoms with E-state index in [1.807, 2.05) is 0 Å². The first-order chi connectivity index (χ1) is 9.67. The number of rotatable bonds is 6. The molecule has 4 heteroatoms. The molecule has 4 nitrogen and oxygen atoms in total. The molecule has 1 heterocycles. The van der Waals surface area contributed by atoms with Gasteiger partial charge in [0.05, 0.1) is 19.3 Å². The minimum absolute atomic E-state index is 0.133. The fourth-order valence-corrected chi connectivity index (χ4v) is 4.09. The fraction of sp³-hybridized carbons (Fsp3) is 1.00. The Bertz CT molecular complexity index is 280. The van der Waals surface area contributed by atoms with Crippen molar-refractivity contribution in [2.75, 3.05) is 39.4 Å². The SMILES string of the molecule is CC1CCCC(CN)(CN2CCC(OCCO)CC2)C1. The minimum Gasteiger partial charge on any atom is -0.394 e. The van der Waals surface area contributed by atoms with Gasteiger partial charge in [-0.1, -0.05) is 19.8 Å². The van der Waals surface area contributed by atoms with E-state index < -0.39 is 0 Å². The Morgan fingerprint density at radius 3 is 2.65 bits per heavy atom. The monoisotopic (exact) mass is 284 g/mol. The van der Waals surface area contributed by atoms with Crippen molar-refractivity contribution in [1.82, 2.24) is 4.90 Å². The van der Waals surface area contributed by atoms with Crippen LogP contribution in [0.3, 0.4) is 0 Å². The quantitative estimate of drug-likeness (QED) is 0.778. The maximum atomic E-state index is 8.81. The smallest absolute Gasteiger partial charge is 0.0701 e. The van der Waals surface area contributed by atoms with E-state index in [1.165, 1.54) is 32.2 Å². The second-order valence-electron chi connectivity index (χ2n) is 6.98. The van der Waals surface area contributed by atoms with E-state index in [-0.39, 0.29) is 6.61 Å². The number of piperidine rings is 1. The van der Waals surface area contributed by atoms with Crippen LogP contribution < -0.4 is 5.73 Å². The normalized spacial score (nSPS) is 33.5. The summed E-state index contributed by atoms with van der Waals surface area (Å²) in [7, 11) is 0. The summed E-state index contributed by atoms with van der Waals surface area (Å²) in [5.74, 6) is 0.831. The number of likely N-dealkylation sites (tertiary alicyclic amines) is 1. The van der Waals surface area contributed by atoms with Crippen molar-refractivity contribution in [1.29, 1.82) is 0 Å². The van der Waals surface area contributed by atoms with Gasteiger partial charge in [-0.2, -0.15) is 0 Å². The standard InChI is InChI=1S/C16H32N2O2/c1-14-3-2-6-16(11-14,12-17)13-18-7-4-15(5-8-18)20-10-9-19/h14-15,19H,2-13,17H2,1H3. The number of hydrogen-bond acceptors (Lipinski definition) is 4. The highest BCUT2D eigenvalue weighted by Gasteiger charge is 2.36. The van der Waals surface area contributed by atoms with E-state index in [2.05, 4.69) is 11.8 Å². The molecular formula is C16H32N2O2. The third-order valence-corrected chi connectivity index (χ3v) is 5.16. The molecule has 0 amide bonds. The maximum absolute atomic E-state index is 8.81. The van der Waals surface area contributed by atoms with Crippen molar-refractivity contribution in [3.63, 3.8) is 0 Å². The van der Waals surface area contributed by atoms with Crippen LogP contribution in [0, 0.1) is 11.3 Å². The molecule has 0 aromatic rings. The molecule has 1 saturated heterocycles. The lowest BCUT2D eigenvalue weighted by Crippen LogP contribution is -2.48. The first-order valence-electron chi connectivity index (χ1n) is 8.32. The van der Waals surface area contributed by atoms with E-state index in [9.17, 15) is 0 Å². The highest BCUT2D eigenvalue weighted by Crippen LogP contribution is 2.39. The Morgan fingerprint density at radius 2 is 2.05 bits per heavy atom. The summed E-state index contributed by atoms with van der Waals surface area (Å²) in [6.45, 7) is 7.22. The Morgan fingerprint density at radius 1 is 1.30 bits per heavy atom. The lowest BCUT2D eigenvalue weighted by atomic mass is 9.69. The van der Waals surface area contributed by atoms with Crippen molar-refractivity contribution in [2.24, 2.45) is 17.1 Å². The van der Waals surface area contributed by atoms with Gasteiger partial charge in [-0.05, 0) is 43.6 Å². The zero-order valence-electron chi connectivity index (χ0n) is 13.0. The van der Waals surface area contributed by atoms with Crippen molar-refractivity contribution in [3.8, 4) is 0 Å². The average Bonchev–Trinajstić information content (AvgIpc) is 2.46. The van der Waals surface area contributed by atoms with E-state index in [4.69, 9.17) is 15.6 Å². The summed E-state index contributed by atoms with van der Waals surface area (Å²) in [5.41, 5.74) is 6.49. The van der Waals surface area contributed by atoms with Gasteiger partial charge >= 0.3 is 0 Å². The van der Waals surface area contributed by atoms with Gasteiger partial charge in [-0.25, -0.2) is 0 Å². The first kappa shape index (κ1) is 16.2. The molecule has 2 atom stereocenters. The predicted molar refractivity (Wildman–Crippen MR) is 81.6 cm³/mol. The molecule has 0 radical (unpaired) electrons. The van der Waals surface area contributed by atoms with Gasteiger partial charge in [-0.15, -0.1) is 0 Å². The Balaban J connectivity index is 1.78. The lowest BCUT2D eigenvalue weighted by Gasteiger charge is -2.44. The molecule has 2 rings (SSSR count). The molecule has 0 bridgehead atoms.